The Balaban J connectivity index is 1.74. The molecule has 1 amide bonds. The molecule has 0 radical (unpaired) electrons. The molecule has 0 bridgehead atoms. The van der Waals surface area contributed by atoms with E-state index in [0.717, 1.165) is 61.5 Å². The average molecular weight is 376 g/mol. The summed E-state index contributed by atoms with van der Waals surface area (Å²) in [5, 5.41) is 5.68. The summed E-state index contributed by atoms with van der Waals surface area (Å²) in [7, 11) is 0. The molecule has 2 aromatic carbocycles. The summed E-state index contributed by atoms with van der Waals surface area (Å²) in [4.78, 5) is 13.0. The Labute approximate surface area is 156 Å². The summed E-state index contributed by atoms with van der Waals surface area (Å²) in [6, 6.07) is 12.5. The second kappa shape index (κ2) is 9.14. The van der Waals surface area contributed by atoms with E-state index in [-0.39, 0.29) is 10.8 Å². The van der Waals surface area contributed by atoms with Crippen molar-refractivity contribution in [2.75, 3.05) is 19.6 Å². The molecule has 26 heavy (non-hydrogen) atoms. The van der Waals surface area contributed by atoms with Gasteiger partial charge in [0.2, 0.25) is 5.91 Å². The number of piperidine rings is 1. The molecule has 138 valence electrons. The quantitative estimate of drug-likeness (QED) is 0.751. The lowest BCUT2D eigenvalue weighted by Crippen LogP contribution is -2.39. The lowest BCUT2D eigenvalue weighted by atomic mass is 9.99. The molecule has 1 fully saturated rings. The summed E-state index contributed by atoms with van der Waals surface area (Å²) < 4.78 is 27.6. The van der Waals surface area contributed by atoms with E-state index in [2.05, 4.69) is 10.6 Å². The van der Waals surface area contributed by atoms with Crippen molar-refractivity contribution in [3.63, 3.8) is 0 Å². The molecule has 2 N–H and O–H groups in total. The van der Waals surface area contributed by atoms with E-state index in [1.807, 2.05) is 30.3 Å². The van der Waals surface area contributed by atoms with Crippen LogP contribution in [-0.4, -0.2) is 25.5 Å². The minimum Gasteiger partial charge on any atom is -0.355 e. The third-order valence-electron chi connectivity index (χ3n) is 4.44. The van der Waals surface area contributed by atoms with Crippen molar-refractivity contribution >= 4 is 17.7 Å². The number of hydrogen-bond donors (Lipinski definition) is 2. The van der Waals surface area contributed by atoms with E-state index in [1.165, 1.54) is 0 Å². The maximum absolute atomic E-state index is 14.1. The van der Waals surface area contributed by atoms with Gasteiger partial charge < -0.3 is 10.6 Å². The van der Waals surface area contributed by atoms with Gasteiger partial charge in [-0.25, -0.2) is 8.78 Å². The average Bonchev–Trinajstić information content (AvgIpc) is 2.68. The molecule has 3 rings (SSSR count). The van der Waals surface area contributed by atoms with Crippen LogP contribution in [0.25, 0.3) is 0 Å². The lowest BCUT2D eigenvalue weighted by Gasteiger charge is -2.24. The van der Waals surface area contributed by atoms with Gasteiger partial charge in [-0.1, -0.05) is 30.3 Å². The smallest absolute Gasteiger partial charge is 0.238 e. The van der Waals surface area contributed by atoms with Crippen molar-refractivity contribution in [2.24, 2.45) is 5.92 Å². The molecule has 0 saturated carbocycles. The van der Waals surface area contributed by atoms with Gasteiger partial charge in [-0.2, -0.15) is 0 Å². The van der Waals surface area contributed by atoms with Gasteiger partial charge in [-0.05, 0) is 55.6 Å². The summed E-state index contributed by atoms with van der Waals surface area (Å²) in [6.45, 7) is 2.50. The number of rotatable bonds is 6. The highest BCUT2D eigenvalue weighted by molar-refractivity contribution is 8.00. The van der Waals surface area contributed by atoms with Crippen molar-refractivity contribution in [3.05, 3.63) is 65.7 Å². The molecule has 2 unspecified atom stereocenters. The number of carbonyl (C=O) groups is 1. The Morgan fingerprint density at radius 1 is 1.23 bits per heavy atom. The fourth-order valence-electron chi connectivity index (χ4n) is 3.03. The summed E-state index contributed by atoms with van der Waals surface area (Å²) in [6.07, 6.45) is 2.18. The zero-order chi connectivity index (χ0) is 18.4. The molecule has 6 heteroatoms. The molecular weight excluding hydrogens is 354 g/mol. The molecule has 3 nitrogen and oxygen atoms in total. The summed E-state index contributed by atoms with van der Waals surface area (Å²) in [5.74, 6) is -0.827. The molecular formula is C20H22F2N2OS. The minimum atomic E-state index is -0.635. The van der Waals surface area contributed by atoms with Crippen LogP contribution in [0.2, 0.25) is 0 Å². The van der Waals surface area contributed by atoms with E-state index in [9.17, 15) is 13.6 Å². The summed E-state index contributed by atoms with van der Waals surface area (Å²) in [5.41, 5.74) is 0.764. The standard InChI is InChI=1S/C20H22F2N2OS/c21-16-8-9-17(22)18(11-16)26-19(15-6-2-1-3-7-15)20(25)24-13-14-5-4-10-23-12-14/h1-3,6-9,11,14,19,23H,4-5,10,12-13H2,(H,24,25). The van der Waals surface area contributed by atoms with Gasteiger partial charge >= 0.3 is 0 Å². The fourth-order valence-corrected chi connectivity index (χ4v) is 4.13. The second-order valence-corrected chi connectivity index (χ2v) is 7.59. The first kappa shape index (κ1) is 18.9. The van der Waals surface area contributed by atoms with Crippen LogP contribution in [0.4, 0.5) is 8.78 Å². The Kier molecular flexibility index (Phi) is 6.63. The van der Waals surface area contributed by atoms with Crippen LogP contribution in [0.15, 0.2) is 53.4 Å². The van der Waals surface area contributed by atoms with E-state index in [1.54, 1.807) is 0 Å². The van der Waals surface area contributed by atoms with Crippen LogP contribution in [-0.2, 0) is 4.79 Å². The maximum Gasteiger partial charge on any atom is 0.238 e. The molecule has 2 aromatic rings. The van der Waals surface area contributed by atoms with Crippen LogP contribution < -0.4 is 10.6 Å². The maximum atomic E-state index is 14.1. The molecule has 2 atom stereocenters. The molecule has 1 aliphatic rings. The van der Waals surface area contributed by atoms with E-state index in [4.69, 9.17) is 0 Å². The normalized spacial score (nSPS) is 18.3. The van der Waals surface area contributed by atoms with E-state index in [0.29, 0.717) is 12.5 Å². The van der Waals surface area contributed by atoms with Crippen LogP contribution in [0.3, 0.4) is 0 Å². The first-order valence-electron chi connectivity index (χ1n) is 8.78. The second-order valence-electron chi connectivity index (χ2n) is 6.44. The van der Waals surface area contributed by atoms with Crippen molar-refractivity contribution in [1.82, 2.24) is 10.6 Å². The van der Waals surface area contributed by atoms with E-state index < -0.39 is 16.9 Å². The van der Waals surface area contributed by atoms with Crippen molar-refractivity contribution in [1.29, 1.82) is 0 Å². The van der Waals surface area contributed by atoms with Crippen LogP contribution in [0, 0.1) is 17.6 Å². The monoisotopic (exact) mass is 376 g/mol. The number of benzene rings is 2. The number of thioether (sulfide) groups is 1. The largest absolute Gasteiger partial charge is 0.355 e. The van der Waals surface area contributed by atoms with Crippen LogP contribution in [0.5, 0.6) is 0 Å². The van der Waals surface area contributed by atoms with Gasteiger partial charge in [0, 0.05) is 11.4 Å². The summed E-state index contributed by atoms with van der Waals surface area (Å²) >= 11 is 1.03. The first-order valence-corrected chi connectivity index (χ1v) is 9.66. The Bertz CT molecular complexity index is 736. The van der Waals surface area contributed by atoms with Gasteiger partial charge in [0.25, 0.3) is 0 Å². The molecule has 0 spiro atoms. The van der Waals surface area contributed by atoms with Crippen molar-refractivity contribution < 1.29 is 13.6 Å². The van der Waals surface area contributed by atoms with Gasteiger partial charge in [0.15, 0.2) is 0 Å². The van der Waals surface area contributed by atoms with Crippen LogP contribution >= 0.6 is 11.8 Å². The zero-order valence-electron chi connectivity index (χ0n) is 14.4. The zero-order valence-corrected chi connectivity index (χ0v) is 15.2. The third-order valence-corrected chi connectivity index (χ3v) is 5.73. The van der Waals surface area contributed by atoms with Gasteiger partial charge in [0.05, 0.1) is 0 Å². The molecule has 1 aliphatic heterocycles. The van der Waals surface area contributed by atoms with Crippen LogP contribution in [0.1, 0.15) is 23.7 Å². The number of amides is 1. The molecule has 1 heterocycles. The van der Waals surface area contributed by atoms with Gasteiger partial charge in [-0.15, -0.1) is 11.8 Å². The third kappa shape index (κ3) is 5.05. The number of nitrogens with one attached hydrogen (secondary N) is 2. The highest BCUT2D eigenvalue weighted by Gasteiger charge is 2.24. The highest BCUT2D eigenvalue weighted by Crippen LogP contribution is 2.37. The highest BCUT2D eigenvalue weighted by atomic mass is 32.2. The number of carbonyl (C=O) groups excluding carboxylic acids is 1. The predicted molar refractivity (Wildman–Crippen MR) is 100 cm³/mol. The Morgan fingerprint density at radius 3 is 2.77 bits per heavy atom. The topological polar surface area (TPSA) is 41.1 Å². The lowest BCUT2D eigenvalue weighted by molar-refractivity contribution is -0.120. The fraction of sp³-hybridized carbons (Fsp3) is 0.350. The number of halogens is 2. The Hall–Kier alpha value is -1.92. The molecule has 0 aromatic heterocycles. The van der Waals surface area contributed by atoms with Crippen molar-refractivity contribution in [2.45, 2.75) is 23.0 Å². The van der Waals surface area contributed by atoms with Gasteiger partial charge in [0.1, 0.15) is 16.9 Å². The first-order chi connectivity index (χ1) is 12.6. The molecule has 1 saturated heterocycles. The van der Waals surface area contributed by atoms with Gasteiger partial charge in [-0.3, -0.25) is 4.79 Å². The predicted octanol–water partition coefficient (Wildman–Crippen LogP) is 3.91. The Morgan fingerprint density at radius 2 is 2.04 bits per heavy atom. The molecule has 0 aliphatic carbocycles. The minimum absolute atomic E-state index is 0.133. The van der Waals surface area contributed by atoms with Crippen molar-refractivity contribution in [3.8, 4) is 0 Å². The number of hydrogen-bond acceptors (Lipinski definition) is 3. The SMILES string of the molecule is O=C(NCC1CCCNC1)C(Sc1cc(F)ccc1F)c1ccccc1. The van der Waals surface area contributed by atoms with E-state index >= 15 is 0 Å².